The summed E-state index contributed by atoms with van der Waals surface area (Å²) < 4.78 is 5.49. The maximum absolute atomic E-state index is 12.0. The highest BCUT2D eigenvalue weighted by Crippen LogP contribution is 2.39. The monoisotopic (exact) mass is 268 g/mol. The van der Waals surface area contributed by atoms with E-state index in [1.807, 2.05) is 0 Å². The summed E-state index contributed by atoms with van der Waals surface area (Å²) in [5, 5.41) is 2.92. The van der Waals surface area contributed by atoms with Gasteiger partial charge < -0.3 is 15.8 Å². The van der Waals surface area contributed by atoms with Gasteiger partial charge in [-0.05, 0) is 39.5 Å². The number of primary amides is 1. The molecule has 1 aliphatic heterocycles. The van der Waals surface area contributed by atoms with Crippen LogP contribution < -0.4 is 11.1 Å². The quantitative estimate of drug-likeness (QED) is 0.556. The van der Waals surface area contributed by atoms with Gasteiger partial charge in [-0.3, -0.25) is 9.59 Å². The average molecular weight is 268 g/mol. The van der Waals surface area contributed by atoms with Crippen LogP contribution in [0.5, 0.6) is 0 Å². The molecule has 2 rings (SSSR count). The minimum atomic E-state index is -0.342. The molecular weight excluding hydrogens is 244 g/mol. The number of amides is 2. The van der Waals surface area contributed by atoms with Gasteiger partial charge in [0.05, 0.1) is 11.7 Å². The number of carbonyl (C=O) groups is 2. The number of hydrogen-bond acceptors (Lipinski definition) is 3. The van der Waals surface area contributed by atoms with Crippen molar-refractivity contribution in [2.75, 3.05) is 6.54 Å². The van der Waals surface area contributed by atoms with Crippen LogP contribution in [-0.4, -0.2) is 30.1 Å². The molecule has 3 N–H and O–H groups in total. The summed E-state index contributed by atoms with van der Waals surface area (Å²) in [5.41, 5.74) is 5.33. The van der Waals surface area contributed by atoms with E-state index in [9.17, 15) is 9.59 Å². The molecule has 19 heavy (non-hydrogen) atoms. The van der Waals surface area contributed by atoms with Crippen molar-refractivity contribution >= 4 is 11.8 Å². The summed E-state index contributed by atoms with van der Waals surface area (Å²) in [7, 11) is 0. The van der Waals surface area contributed by atoms with Gasteiger partial charge in [0.2, 0.25) is 11.8 Å². The summed E-state index contributed by atoms with van der Waals surface area (Å²) >= 11 is 0. The molecule has 4 unspecified atom stereocenters. The molecule has 0 spiro atoms. The minimum Gasteiger partial charge on any atom is -0.369 e. The van der Waals surface area contributed by atoms with E-state index < -0.39 is 0 Å². The van der Waals surface area contributed by atoms with E-state index in [-0.39, 0.29) is 29.3 Å². The van der Waals surface area contributed by atoms with Gasteiger partial charge in [0, 0.05) is 18.4 Å². The largest absolute Gasteiger partial charge is 0.369 e. The van der Waals surface area contributed by atoms with Crippen LogP contribution in [0.4, 0.5) is 0 Å². The summed E-state index contributed by atoms with van der Waals surface area (Å²) in [6.07, 6.45) is 4.62. The van der Waals surface area contributed by atoms with Gasteiger partial charge in [0.15, 0.2) is 0 Å². The maximum Gasteiger partial charge on any atom is 0.223 e. The molecule has 108 valence electrons. The number of rotatable bonds is 6. The molecule has 0 aromatic carbocycles. The van der Waals surface area contributed by atoms with Crippen molar-refractivity contribution in [3.8, 4) is 0 Å². The predicted molar refractivity (Wildman–Crippen MR) is 71.2 cm³/mol. The lowest BCUT2D eigenvalue weighted by Gasteiger charge is -2.16. The molecule has 5 heteroatoms. The second kappa shape index (κ2) is 5.49. The zero-order valence-electron chi connectivity index (χ0n) is 11.8. The zero-order valence-corrected chi connectivity index (χ0v) is 11.8. The molecule has 1 saturated heterocycles. The number of nitrogens with one attached hydrogen (secondary N) is 1. The van der Waals surface area contributed by atoms with Crippen molar-refractivity contribution < 1.29 is 14.3 Å². The van der Waals surface area contributed by atoms with Gasteiger partial charge in [-0.2, -0.15) is 0 Å². The van der Waals surface area contributed by atoms with Crippen molar-refractivity contribution in [2.45, 2.75) is 57.7 Å². The normalized spacial score (nSPS) is 37.1. The number of nitrogens with two attached hydrogens (primary N) is 1. The van der Waals surface area contributed by atoms with E-state index >= 15 is 0 Å². The van der Waals surface area contributed by atoms with Crippen molar-refractivity contribution in [1.29, 1.82) is 0 Å². The number of ether oxygens (including phenoxy) is 1. The van der Waals surface area contributed by atoms with E-state index in [0.717, 1.165) is 32.1 Å². The van der Waals surface area contributed by atoms with E-state index in [2.05, 4.69) is 19.2 Å². The van der Waals surface area contributed by atoms with Crippen molar-refractivity contribution in [3.63, 3.8) is 0 Å². The van der Waals surface area contributed by atoms with Crippen molar-refractivity contribution in [2.24, 2.45) is 17.6 Å². The summed E-state index contributed by atoms with van der Waals surface area (Å²) in [5.74, 6) is -0.852. The van der Waals surface area contributed by atoms with Crippen LogP contribution in [0.1, 0.15) is 46.0 Å². The van der Waals surface area contributed by atoms with Gasteiger partial charge in [0.1, 0.15) is 0 Å². The summed E-state index contributed by atoms with van der Waals surface area (Å²) in [6, 6.07) is 0. The molecule has 2 fully saturated rings. The molecule has 0 bridgehead atoms. The molecule has 0 aromatic heterocycles. The topological polar surface area (TPSA) is 84.7 Å². The van der Waals surface area contributed by atoms with Crippen LogP contribution in [-0.2, 0) is 14.3 Å². The lowest BCUT2D eigenvalue weighted by atomic mass is 9.94. The highest BCUT2D eigenvalue weighted by Gasteiger charge is 2.47. The summed E-state index contributed by atoms with van der Waals surface area (Å²) in [6.45, 7) is 4.81. The van der Waals surface area contributed by atoms with Gasteiger partial charge in [-0.15, -0.1) is 0 Å². The first kappa shape index (κ1) is 14.3. The van der Waals surface area contributed by atoms with Crippen LogP contribution in [0.25, 0.3) is 0 Å². The first-order chi connectivity index (χ1) is 8.94. The highest BCUT2D eigenvalue weighted by molar-refractivity contribution is 5.87. The van der Waals surface area contributed by atoms with Gasteiger partial charge in [0.25, 0.3) is 0 Å². The van der Waals surface area contributed by atoms with Gasteiger partial charge >= 0.3 is 0 Å². The average Bonchev–Trinajstić information content (AvgIpc) is 2.82. The van der Waals surface area contributed by atoms with E-state index in [1.54, 1.807) is 0 Å². The highest BCUT2D eigenvalue weighted by atomic mass is 16.6. The van der Waals surface area contributed by atoms with Crippen LogP contribution >= 0.6 is 0 Å². The Morgan fingerprint density at radius 2 is 2.00 bits per heavy atom. The number of carbonyl (C=O) groups excluding carboxylic acids is 2. The standard InChI is InChI=1S/C14H24N2O3/c1-9-14(2,19-9)7-4-8-16-13(18)11-6-3-5-10(11)12(15)17/h9-11H,3-8H2,1-2H3,(H2,15,17)(H,16,18). The number of hydrogen-bond donors (Lipinski definition) is 2. The zero-order chi connectivity index (χ0) is 14.0. The van der Waals surface area contributed by atoms with E-state index in [1.165, 1.54) is 0 Å². The molecular formula is C14H24N2O3. The third-order valence-corrected chi connectivity index (χ3v) is 4.62. The molecule has 1 aliphatic carbocycles. The van der Waals surface area contributed by atoms with Crippen LogP contribution in [0.15, 0.2) is 0 Å². The Morgan fingerprint density at radius 1 is 1.37 bits per heavy atom. The third-order valence-electron chi connectivity index (χ3n) is 4.62. The molecule has 1 saturated carbocycles. The Hall–Kier alpha value is -1.10. The number of epoxide rings is 1. The fourth-order valence-corrected chi connectivity index (χ4v) is 3.03. The molecule has 0 aromatic rings. The van der Waals surface area contributed by atoms with Crippen LogP contribution in [0.2, 0.25) is 0 Å². The SMILES string of the molecule is CC1OC1(C)CCCNC(=O)C1CCCC1C(N)=O. The Kier molecular flexibility index (Phi) is 4.13. The Balaban J connectivity index is 1.68. The van der Waals surface area contributed by atoms with Crippen molar-refractivity contribution in [3.05, 3.63) is 0 Å². The Bertz CT molecular complexity index is 372. The minimum absolute atomic E-state index is 0.00778. The molecule has 4 atom stereocenters. The lowest BCUT2D eigenvalue weighted by molar-refractivity contribution is -0.132. The Labute approximate surface area is 114 Å². The predicted octanol–water partition coefficient (Wildman–Crippen LogP) is 0.962. The van der Waals surface area contributed by atoms with Crippen LogP contribution in [0, 0.1) is 11.8 Å². The molecule has 1 heterocycles. The van der Waals surface area contributed by atoms with E-state index in [0.29, 0.717) is 12.6 Å². The smallest absolute Gasteiger partial charge is 0.223 e. The second-order valence-corrected chi connectivity index (χ2v) is 6.01. The maximum atomic E-state index is 12.0. The summed E-state index contributed by atoms with van der Waals surface area (Å²) in [4.78, 5) is 23.3. The fraction of sp³-hybridized carbons (Fsp3) is 0.857. The van der Waals surface area contributed by atoms with Gasteiger partial charge in [-0.1, -0.05) is 6.42 Å². The molecule has 2 aliphatic rings. The molecule has 2 amide bonds. The molecule has 5 nitrogen and oxygen atoms in total. The van der Waals surface area contributed by atoms with Gasteiger partial charge in [-0.25, -0.2) is 0 Å². The first-order valence-electron chi connectivity index (χ1n) is 7.19. The Morgan fingerprint density at radius 3 is 2.58 bits per heavy atom. The van der Waals surface area contributed by atoms with Crippen molar-refractivity contribution in [1.82, 2.24) is 5.32 Å². The second-order valence-electron chi connectivity index (χ2n) is 6.01. The van der Waals surface area contributed by atoms with Crippen LogP contribution in [0.3, 0.4) is 0 Å². The molecule has 0 radical (unpaired) electrons. The fourth-order valence-electron chi connectivity index (χ4n) is 3.03. The third kappa shape index (κ3) is 3.26. The van der Waals surface area contributed by atoms with E-state index in [4.69, 9.17) is 10.5 Å². The first-order valence-corrected chi connectivity index (χ1v) is 7.19. The lowest BCUT2D eigenvalue weighted by Crippen LogP contribution is -2.38.